The van der Waals surface area contributed by atoms with Gasteiger partial charge in [0.2, 0.25) is 0 Å². The molecule has 0 spiro atoms. The number of nitrogens with one attached hydrogen (secondary N) is 1. The summed E-state index contributed by atoms with van der Waals surface area (Å²) in [4.78, 5) is 13.7. The van der Waals surface area contributed by atoms with Crippen molar-refractivity contribution in [1.82, 2.24) is 10.3 Å². The van der Waals surface area contributed by atoms with Crippen molar-refractivity contribution < 1.29 is 9.18 Å². The van der Waals surface area contributed by atoms with E-state index in [0.29, 0.717) is 17.7 Å². The van der Waals surface area contributed by atoms with Crippen molar-refractivity contribution in [1.29, 1.82) is 0 Å². The number of likely N-dealkylation sites (tertiary alicyclic amines) is 1. The Balaban J connectivity index is 2.08. The number of hydrogen-bond donors (Lipinski definition) is 2. The molecule has 5 heteroatoms. The fourth-order valence-electron chi connectivity index (χ4n) is 2.38. The fraction of sp³-hybridized carbons (Fsp3) is 0.500. The summed E-state index contributed by atoms with van der Waals surface area (Å²) in [6.07, 6.45) is 2.29. The van der Waals surface area contributed by atoms with Gasteiger partial charge in [0, 0.05) is 17.7 Å². The van der Waals surface area contributed by atoms with Gasteiger partial charge in [0.25, 0.3) is 5.91 Å². The SMILES string of the molecule is CC1CCN(Cc2cc(C(=O)NN)ccc2F)CC1. The molecule has 2 rings (SSSR count). The van der Waals surface area contributed by atoms with E-state index < -0.39 is 5.91 Å². The minimum atomic E-state index is -0.395. The third kappa shape index (κ3) is 3.52. The van der Waals surface area contributed by atoms with Gasteiger partial charge in [-0.15, -0.1) is 0 Å². The molecule has 4 nitrogen and oxygen atoms in total. The van der Waals surface area contributed by atoms with Crippen molar-refractivity contribution in [2.75, 3.05) is 13.1 Å². The molecule has 1 saturated heterocycles. The van der Waals surface area contributed by atoms with E-state index in [1.165, 1.54) is 12.1 Å². The van der Waals surface area contributed by atoms with Gasteiger partial charge in [-0.05, 0) is 50.0 Å². The Morgan fingerprint density at radius 1 is 1.47 bits per heavy atom. The number of nitrogens with zero attached hydrogens (tertiary/aromatic N) is 1. The first-order chi connectivity index (χ1) is 9.10. The van der Waals surface area contributed by atoms with E-state index in [1.54, 1.807) is 6.07 Å². The van der Waals surface area contributed by atoms with Crippen molar-refractivity contribution in [3.05, 3.63) is 35.1 Å². The zero-order chi connectivity index (χ0) is 13.8. The first-order valence-corrected chi connectivity index (χ1v) is 6.62. The molecule has 0 unspecified atom stereocenters. The summed E-state index contributed by atoms with van der Waals surface area (Å²) >= 11 is 0. The largest absolute Gasteiger partial charge is 0.299 e. The normalized spacial score (nSPS) is 17.4. The highest BCUT2D eigenvalue weighted by atomic mass is 19.1. The summed E-state index contributed by atoms with van der Waals surface area (Å²) in [5.41, 5.74) is 3.01. The highest BCUT2D eigenvalue weighted by Gasteiger charge is 2.17. The first kappa shape index (κ1) is 14.0. The molecule has 1 aliphatic rings. The van der Waals surface area contributed by atoms with Crippen molar-refractivity contribution in [2.45, 2.75) is 26.3 Å². The van der Waals surface area contributed by atoms with E-state index in [9.17, 15) is 9.18 Å². The number of rotatable bonds is 3. The first-order valence-electron chi connectivity index (χ1n) is 6.62. The summed E-state index contributed by atoms with van der Waals surface area (Å²) in [5, 5.41) is 0. The van der Waals surface area contributed by atoms with Gasteiger partial charge in [0.15, 0.2) is 0 Å². The summed E-state index contributed by atoms with van der Waals surface area (Å²) in [6.45, 7) is 4.75. The van der Waals surface area contributed by atoms with Crippen LogP contribution in [0.15, 0.2) is 18.2 Å². The van der Waals surface area contributed by atoms with Crippen LogP contribution in [-0.2, 0) is 6.54 Å². The Kier molecular flexibility index (Phi) is 4.50. The van der Waals surface area contributed by atoms with Crippen LogP contribution in [0, 0.1) is 11.7 Å². The topological polar surface area (TPSA) is 58.4 Å². The average Bonchev–Trinajstić information content (AvgIpc) is 2.43. The Hall–Kier alpha value is -1.46. The number of halogens is 1. The maximum Gasteiger partial charge on any atom is 0.265 e. The predicted molar refractivity (Wildman–Crippen MR) is 71.7 cm³/mol. The minimum Gasteiger partial charge on any atom is -0.299 e. The third-order valence-corrected chi connectivity index (χ3v) is 3.71. The third-order valence-electron chi connectivity index (χ3n) is 3.71. The number of hydrazine groups is 1. The maximum atomic E-state index is 13.8. The van der Waals surface area contributed by atoms with Crippen molar-refractivity contribution in [3.8, 4) is 0 Å². The summed E-state index contributed by atoms with van der Waals surface area (Å²) in [6, 6.07) is 4.35. The number of nitrogens with two attached hydrogens (primary N) is 1. The molecule has 0 radical (unpaired) electrons. The molecule has 0 aromatic heterocycles. The van der Waals surface area contributed by atoms with Crippen LogP contribution in [0.25, 0.3) is 0 Å². The van der Waals surface area contributed by atoms with Gasteiger partial charge in [-0.1, -0.05) is 6.92 Å². The zero-order valence-electron chi connectivity index (χ0n) is 11.2. The maximum absolute atomic E-state index is 13.8. The van der Waals surface area contributed by atoms with Crippen LogP contribution in [0.5, 0.6) is 0 Å². The Labute approximate surface area is 112 Å². The van der Waals surface area contributed by atoms with Crippen molar-refractivity contribution >= 4 is 5.91 Å². The van der Waals surface area contributed by atoms with Gasteiger partial charge in [0.1, 0.15) is 5.82 Å². The van der Waals surface area contributed by atoms with Gasteiger partial charge in [0.05, 0.1) is 0 Å². The summed E-state index contributed by atoms with van der Waals surface area (Å²) < 4.78 is 13.8. The molecular weight excluding hydrogens is 245 g/mol. The number of carbonyl (C=O) groups excluding carboxylic acids is 1. The van der Waals surface area contributed by atoms with Gasteiger partial charge in [-0.3, -0.25) is 15.1 Å². The Morgan fingerprint density at radius 2 is 2.16 bits per heavy atom. The standard InChI is InChI=1S/C14H20FN3O/c1-10-4-6-18(7-5-10)9-12-8-11(14(19)17-16)2-3-13(12)15/h2-3,8,10H,4-7,9,16H2,1H3,(H,17,19). The zero-order valence-corrected chi connectivity index (χ0v) is 11.2. The second-order valence-electron chi connectivity index (χ2n) is 5.24. The van der Waals surface area contributed by atoms with E-state index in [0.717, 1.165) is 31.8 Å². The predicted octanol–water partition coefficient (Wildman–Crippen LogP) is 1.66. The quantitative estimate of drug-likeness (QED) is 0.496. The summed E-state index contributed by atoms with van der Waals surface area (Å²) in [7, 11) is 0. The second-order valence-corrected chi connectivity index (χ2v) is 5.24. The second kappa shape index (κ2) is 6.12. The number of amides is 1. The van der Waals surface area contributed by atoms with Crippen LogP contribution in [0.4, 0.5) is 4.39 Å². The molecule has 0 aliphatic carbocycles. The van der Waals surface area contributed by atoms with Gasteiger partial charge in [-0.25, -0.2) is 10.2 Å². The molecule has 0 atom stereocenters. The molecule has 1 fully saturated rings. The van der Waals surface area contributed by atoms with E-state index >= 15 is 0 Å². The molecule has 1 aliphatic heterocycles. The van der Waals surface area contributed by atoms with Crippen LogP contribution in [-0.4, -0.2) is 23.9 Å². The smallest absolute Gasteiger partial charge is 0.265 e. The van der Waals surface area contributed by atoms with Crippen LogP contribution in [0.3, 0.4) is 0 Å². The average molecular weight is 265 g/mol. The van der Waals surface area contributed by atoms with Crippen LogP contribution in [0.2, 0.25) is 0 Å². The van der Waals surface area contributed by atoms with Crippen LogP contribution in [0.1, 0.15) is 35.7 Å². The summed E-state index contributed by atoms with van der Waals surface area (Å²) in [5.74, 6) is 5.17. The minimum absolute atomic E-state index is 0.271. The van der Waals surface area contributed by atoms with Gasteiger partial charge in [-0.2, -0.15) is 0 Å². The lowest BCUT2D eigenvalue weighted by Crippen LogP contribution is -2.33. The van der Waals surface area contributed by atoms with E-state index in [2.05, 4.69) is 17.2 Å². The molecule has 3 N–H and O–H groups in total. The van der Waals surface area contributed by atoms with Crippen LogP contribution >= 0.6 is 0 Å². The molecule has 1 aromatic rings. The number of piperidine rings is 1. The molecule has 1 heterocycles. The highest BCUT2D eigenvalue weighted by molar-refractivity contribution is 5.93. The number of carbonyl (C=O) groups is 1. The Morgan fingerprint density at radius 3 is 2.79 bits per heavy atom. The number of nitrogen functional groups attached to an aromatic ring is 1. The molecule has 1 aromatic carbocycles. The number of hydrogen-bond acceptors (Lipinski definition) is 3. The van der Waals surface area contributed by atoms with E-state index in [4.69, 9.17) is 5.84 Å². The highest BCUT2D eigenvalue weighted by Crippen LogP contribution is 2.20. The lowest BCUT2D eigenvalue weighted by atomic mass is 9.98. The molecule has 0 bridgehead atoms. The van der Waals surface area contributed by atoms with Crippen LogP contribution < -0.4 is 11.3 Å². The van der Waals surface area contributed by atoms with Gasteiger partial charge < -0.3 is 0 Å². The van der Waals surface area contributed by atoms with Gasteiger partial charge >= 0.3 is 0 Å². The Bertz CT molecular complexity index is 456. The fourth-order valence-corrected chi connectivity index (χ4v) is 2.38. The van der Waals surface area contributed by atoms with E-state index in [-0.39, 0.29) is 5.82 Å². The molecular formula is C14H20FN3O. The molecule has 104 valence electrons. The molecule has 0 saturated carbocycles. The molecule has 1 amide bonds. The van der Waals surface area contributed by atoms with Crippen molar-refractivity contribution in [3.63, 3.8) is 0 Å². The lowest BCUT2D eigenvalue weighted by molar-refractivity contribution is 0.0953. The monoisotopic (exact) mass is 265 g/mol. The number of benzene rings is 1. The van der Waals surface area contributed by atoms with E-state index in [1.807, 2.05) is 0 Å². The molecule has 19 heavy (non-hydrogen) atoms. The van der Waals surface area contributed by atoms with Crippen molar-refractivity contribution in [2.24, 2.45) is 11.8 Å². The lowest BCUT2D eigenvalue weighted by Gasteiger charge is -2.30.